The van der Waals surface area contributed by atoms with Crippen molar-refractivity contribution in [1.82, 2.24) is 14.3 Å². The average Bonchev–Trinajstić information content (AvgIpc) is 3.10. The summed E-state index contributed by atoms with van der Waals surface area (Å²) in [6.07, 6.45) is 3.96. The molecule has 144 valence electrons. The van der Waals surface area contributed by atoms with E-state index in [0.29, 0.717) is 25.3 Å². The summed E-state index contributed by atoms with van der Waals surface area (Å²) in [5.41, 5.74) is 1.78. The van der Waals surface area contributed by atoms with Crippen molar-refractivity contribution < 1.29 is 9.85 Å². The largest absolute Gasteiger partial charge is 0.363 e. The molecule has 28 heavy (non-hydrogen) atoms. The molecule has 1 aliphatic rings. The predicted molar refractivity (Wildman–Crippen MR) is 102 cm³/mol. The Bertz CT molecular complexity index is 1010. The third-order valence-electron chi connectivity index (χ3n) is 4.88. The molecule has 0 saturated carbocycles. The number of benzene rings is 1. The molecular weight excluding hydrogens is 364 g/mol. The number of fused-ring (bicyclic) bond motifs is 1. The number of imidazole rings is 1. The number of rotatable bonds is 5. The van der Waals surface area contributed by atoms with Gasteiger partial charge in [0.2, 0.25) is 0 Å². The monoisotopic (exact) mass is 382 g/mol. The zero-order valence-corrected chi connectivity index (χ0v) is 15.0. The number of aromatic nitrogens is 2. The first-order valence-corrected chi connectivity index (χ1v) is 8.84. The van der Waals surface area contributed by atoms with E-state index in [1.165, 1.54) is 12.1 Å². The Balaban J connectivity index is 1.45. The second kappa shape index (κ2) is 7.24. The summed E-state index contributed by atoms with van der Waals surface area (Å²) < 4.78 is 1.98. The van der Waals surface area contributed by atoms with E-state index in [4.69, 9.17) is 0 Å². The lowest BCUT2D eigenvalue weighted by Gasteiger charge is -2.35. The van der Waals surface area contributed by atoms with Crippen molar-refractivity contribution in [1.29, 1.82) is 0 Å². The highest BCUT2D eigenvalue weighted by molar-refractivity contribution is 5.67. The van der Waals surface area contributed by atoms with Crippen LogP contribution in [-0.4, -0.2) is 50.3 Å². The Morgan fingerprint density at radius 2 is 1.79 bits per heavy atom. The molecular formula is C18H18N6O4. The van der Waals surface area contributed by atoms with Gasteiger partial charge < -0.3 is 9.30 Å². The van der Waals surface area contributed by atoms with Crippen LogP contribution in [0.3, 0.4) is 0 Å². The van der Waals surface area contributed by atoms with E-state index in [9.17, 15) is 20.2 Å². The second-order valence-electron chi connectivity index (χ2n) is 6.65. The van der Waals surface area contributed by atoms with Gasteiger partial charge in [0, 0.05) is 51.2 Å². The van der Waals surface area contributed by atoms with E-state index in [0.717, 1.165) is 30.5 Å². The molecule has 0 N–H and O–H groups in total. The Kier molecular flexibility index (Phi) is 4.62. The third-order valence-corrected chi connectivity index (χ3v) is 4.88. The zero-order chi connectivity index (χ0) is 19.7. The van der Waals surface area contributed by atoms with Gasteiger partial charge in [-0.15, -0.1) is 0 Å². The molecule has 0 bridgehead atoms. The van der Waals surface area contributed by atoms with Gasteiger partial charge in [-0.05, 0) is 18.2 Å². The Morgan fingerprint density at radius 3 is 2.46 bits per heavy atom. The fraction of sp³-hybridized carbons (Fsp3) is 0.278. The number of pyridine rings is 1. The number of hydrogen-bond donors (Lipinski definition) is 0. The quantitative estimate of drug-likeness (QED) is 0.492. The van der Waals surface area contributed by atoms with E-state index in [-0.39, 0.29) is 11.4 Å². The molecule has 0 atom stereocenters. The number of hydrogen-bond acceptors (Lipinski definition) is 7. The van der Waals surface area contributed by atoms with Crippen LogP contribution in [0.4, 0.5) is 17.1 Å². The minimum atomic E-state index is -0.621. The van der Waals surface area contributed by atoms with Crippen LogP contribution in [0.25, 0.3) is 5.65 Å². The molecule has 0 aliphatic carbocycles. The first-order chi connectivity index (χ1) is 13.5. The normalized spacial score (nSPS) is 15.1. The van der Waals surface area contributed by atoms with E-state index < -0.39 is 9.85 Å². The molecule has 0 radical (unpaired) electrons. The lowest BCUT2D eigenvalue weighted by molar-refractivity contribution is -0.393. The van der Waals surface area contributed by atoms with Gasteiger partial charge in [-0.1, -0.05) is 6.07 Å². The van der Waals surface area contributed by atoms with Crippen LogP contribution in [0.1, 0.15) is 5.69 Å². The van der Waals surface area contributed by atoms with Crippen LogP contribution in [0, 0.1) is 20.2 Å². The number of piperazine rings is 1. The Morgan fingerprint density at radius 1 is 1.00 bits per heavy atom. The lowest BCUT2D eigenvalue weighted by Crippen LogP contribution is -2.46. The van der Waals surface area contributed by atoms with Crippen molar-refractivity contribution in [3.8, 4) is 0 Å². The smallest absolute Gasteiger partial charge is 0.299 e. The number of anilines is 1. The van der Waals surface area contributed by atoms with Crippen molar-refractivity contribution >= 4 is 22.7 Å². The van der Waals surface area contributed by atoms with Gasteiger partial charge in [0.15, 0.2) is 0 Å². The molecule has 1 saturated heterocycles. The van der Waals surface area contributed by atoms with Crippen LogP contribution in [0.2, 0.25) is 0 Å². The number of non-ortho nitro benzene ring substituents is 1. The molecule has 3 aromatic rings. The van der Waals surface area contributed by atoms with Crippen molar-refractivity contribution in [2.45, 2.75) is 6.54 Å². The maximum Gasteiger partial charge on any atom is 0.299 e. The van der Waals surface area contributed by atoms with Crippen molar-refractivity contribution in [3.05, 3.63) is 74.7 Å². The molecule has 1 aliphatic heterocycles. The Hall–Kier alpha value is -3.53. The predicted octanol–water partition coefficient (Wildman–Crippen LogP) is 2.47. The van der Waals surface area contributed by atoms with Crippen molar-refractivity contribution in [3.63, 3.8) is 0 Å². The number of nitrogens with zero attached hydrogens (tertiary/aromatic N) is 6. The fourth-order valence-electron chi connectivity index (χ4n) is 3.48. The summed E-state index contributed by atoms with van der Waals surface area (Å²) in [5, 5.41) is 22.3. The maximum atomic E-state index is 11.4. The zero-order valence-electron chi connectivity index (χ0n) is 15.0. The highest BCUT2D eigenvalue weighted by atomic mass is 16.6. The van der Waals surface area contributed by atoms with Gasteiger partial charge in [0.05, 0.1) is 21.6 Å². The van der Waals surface area contributed by atoms with Gasteiger partial charge in [0.1, 0.15) is 11.3 Å². The molecule has 0 amide bonds. The van der Waals surface area contributed by atoms with Crippen LogP contribution in [-0.2, 0) is 6.54 Å². The van der Waals surface area contributed by atoms with Crippen LogP contribution < -0.4 is 4.90 Å². The standard InChI is InChI=1S/C18H18N6O4/c25-23(26)15-4-5-16(17(11-15)24(27)28)21-9-7-20(8-10-21)12-14-13-22-6-2-1-3-18(22)19-14/h1-6,11,13H,7-10,12H2. The summed E-state index contributed by atoms with van der Waals surface area (Å²) in [6.45, 7) is 3.36. The Labute approximate surface area is 159 Å². The van der Waals surface area contributed by atoms with Gasteiger partial charge in [-0.3, -0.25) is 25.1 Å². The molecule has 10 nitrogen and oxygen atoms in total. The molecule has 3 heterocycles. The summed E-state index contributed by atoms with van der Waals surface area (Å²) in [6, 6.07) is 9.66. The van der Waals surface area contributed by atoms with E-state index >= 15 is 0 Å². The number of nitro groups is 2. The molecule has 4 rings (SSSR count). The molecule has 1 fully saturated rings. The molecule has 0 unspecified atom stereocenters. The molecule has 1 aromatic carbocycles. The maximum absolute atomic E-state index is 11.4. The highest BCUT2D eigenvalue weighted by Gasteiger charge is 2.26. The SMILES string of the molecule is O=[N+]([O-])c1ccc(N2CCN(Cc3cn4ccccc4n3)CC2)c([N+](=O)[O-])c1. The molecule has 2 aromatic heterocycles. The minimum absolute atomic E-state index is 0.233. The van der Waals surface area contributed by atoms with Gasteiger partial charge in [0.25, 0.3) is 11.4 Å². The highest BCUT2D eigenvalue weighted by Crippen LogP contribution is 2.32. The lowest BCUT2D eigenvalue weighted by atomic mass is 10.2. The van der Waals surface area contributed by atoms with Gasteiger partial charge in [-0.25, -0.2) is 4.98 Å². The first-order valence-electron chi connectivity index (χ1n) is 8.84. The summed E-state index contributed by atoms with van der Waals surface area (Å²) >= 11 is 0. The molecule has 10 heteroatoms. The minimum Gasteiger partial charge on any atom is -0.363 e. The van der Waals surface area contributed by atoms with Crippen molar-refractivity contribution in [2.75, 3.05) is 31.1 Å². The van der Waals surface area contributed by atoms with E-state index in [1.807, 2.05) is 39.9 Å². The summed E-state index contributed by atoms with van der Waals surface area (Å²) in [5.74, 6) is 0. The van der Waals surface area contributed by atoms with E-state index in [2.05, 4.69) is 9.88 Å². The van der Waals surface area contributed by atoms with Crippen molar-refractivity contribution in [2.24, 2.45) is 0 Å². The average molecular weight is 382 g/mol. The van der Waals surface area contributed by atoms with Crippen LogP contribution in [0.15, 0.2) is 48.8 Å². The van der Waals surface area contributed by atoms with Gasteiger partial charge >= 0.3 is 0 Å². The van der Waals surface area contributed by atoms with Gasteiger partial charge in [-0.2, -0.15) is 0 Å². The summed E-state index contributed by atoms with van der Waals surface area (Å²) in [7, 11) is 0. The number of nitro benzene ring substituents is 2. The van der Waals surface area contributed by atoms with Crippen LogP contribution in [0.5, 0.6) is 0 Å². The summed E-state index contributed by atoms with van der Waals surface area (Å²) in [4.78, 5) is 29.8. The second-order valence-corrected chi connectivity index (χ2v) is 6.65. The first kappa shape index (κ1) is 17.9. The topological polar surface area (TPSA) is 110 Å². The van der Waals surface area contributed by atoms with Crippen LogP contribution >= 0.6 is 0 Å². The molecule has 0 spiro atoms. The fourth-order valence-corrected chi connectivity index (χ4v) is 3.48. The third kappa shape index (κ3) is 3.49. The van der Waals surface area contributed by atoms with E-state index in [1.54, 1.807) is 0 Å².